The molecule has 26 heavy (non-hydrogen) atoms. The summed E-state index contributed by atoms with van der Waals surface area (Å²) >= 11 is 12.6. The van der Waals surface area contributed by atoms with E-state index in [1.54, 1.807) is 11.8 Å². The Morgan fingerprint density at radius 2 is 1.85 bits per heavy atom. The van der Waals surface area contributed by atoms with Crippen molar-refractivity contribution in [3.05, 3.63) is 75.5 Å². The number of halogens is 3. The van der Waals surface area contributed by atoms with E-state index in [-0.39, 0.29) is 12.4 Å². The average molecular weight is 413 g/mol. The number of aromatic nitrogens is 2. The van der Waals surface area contributed by atoms with Crippen LogP contribution in [0.1, 0.15) is 16.8 Å². The van der Waals surface area contributed by atoms with Crippen molar-refractivity contribution >= 4 is 35.6 Å². The van der Waals surface area contributed by atoms with Gasteiger partial charge in [-0.1, -0.05) is 41.4 Å². The van der Waals surface area contributed by atoms with Crippen LogP contribution < -0.4 is 10.1 Å². The van der Waals surface area contributed by atoms with Crippen molar-refractivity contribution in [2.24, 2.45) is 0 Å². The second-order valence-corrected chi connectivity index (χ2v) is 6.50. The average Bonchev–Trinajstić information content (AvgIpc) is 2.90. The number of benzene rings is 2. The van der Waals surface area contributed by atoms with Gasteiger partial charge in [0.05, 0.1) is 18.5 Å². The van der Waals surface area contributed by atoms with E-state index in [9.17, 15) is 0 Å². The molecule has 0 saturated heterocycles. The lowest BCUT2D eigenvalue weighted by molar-refractivity contribution is 0.414. The predicted octanol–water partition coefficient (Wildman–Crippen LogP) is 5.21. The number of hydrogen-bond acceptors (Lipinski definition) is 3. The Balaban J connectivity index is 0.00000243. The van der Waals surface area contributed by atoms with Crippen LogP contribution in [0.25, 0.3) is 5.69 Å². The van der Waals surface area contributed by atoms with Crippen LogP contribution in [-0.4, -0.2) is 16.9 Å². The van der Waals surface area contributed by atoms with E-state index in [0.29, 0.717) is 16.7 Å². The Hall–Kier alpha value is -1.72. The molecule has 3 aromatic rings. The number of nitrogens with one attached hydrogen (secondary N) is 1. The molecular formula is C19H20Cl3N3O. The molecule has 4 nitrogen and oxygen atoms in total. The highest BCUT2D eigenvalue weighted by Gasteiger charge is 2.14. The van der Waals surface area contributed by atoms with Crippen molar-refractivity contribution in [1.29, 1.82) is 0 Å². The van der Waals surface area contributed by atoms with Crippen LogP contribution in [0.15, 0.2) is 48.5 Å². The van der Waals surface area contributed by atoms with Crippen molar-refractivity contribution in [2.75, 3.05) is 7.11 Å². The fourth-order valence-corrected chi connectivity index (χ4v) is 3.15. The van der Waals surface area contributed by atoms with Gasteiger partial charge in [0.25, 0.3) is 0 Å². The fraction of sp³-hybridized carbons (Fsp3) is 0.211. The van der Waals surface area contributed by atoms with Gasteiger partial charge >= 0.3 is 0 Å². The van der Waals surface area contributed by atoms with Crippen molar-refractivity contribution in [3.8, 4) is 11.4 Å². The van der Waals surface area contributed by atoms with Crippen molar-refractivity contribution in [1.82, 2.24) is 15.1 Å². The van der Waals surface area contributed by atoms with Gasteiger partial charge in [0, 0.05) is 23.7 Å². The number of nitrogens with zero attached hydrogens (tertiary/aromatic N) is 2. The molecular weight excluding hydrogens is 393 g/mol. The molecule has 0 aliphatic carbocycles. The zero-order valence-corrected chi connectivity index (χ0v) is 16.8. The van der Waals surface area contributed by atoms with Gasteiger partial charge in [0.1, 0.15) is 10.9 Å². The molecule has 1 aromatic heterocycles. The molecule has 1 heterocycles. The lowest BCUT2D eigenvalue weighted by atomic mass is 10.2. The van der Waals surface area contributed by atoms with Gasteiger partial charge in [-0.2, -0.15) is 5.10 Å². The molecule has 0 aliphatic rings. The Morgan fingerprint density at radius 3 is 2.58 bits per heavy atom. The predicted molar refractivity (Wildman–Crippen MR) is 109 cm³/mol. The number of rotatable bonds is 6. The highest BCUT2D eigenvalue weighted by molar-refractivity contribution is 6.31. The first-order chi connectivity index (χ1) is 12.1. The number of ether oxygens (including phenoxy) is 1. The molecule has 0 atom stereocenters. The molecule has 138 valence electrons. The monoisotopic (exact) mass is 411 g/mol. The molecule has 0 aliphatic heterocycles. The summed E-state index contributed by atoms with van der Waals surface area (Å²) in [7, 11) is 1.67. The Morgan fingerprint density at radius 1 is 1.08 bits per heavy atom. The van der Waals surface area contributed by atoms with E-state index < -0.39 is 0 Å². The minimum atomic E-state index is 0. The Labute approximate surface area is 169 Å². The number of methoxy groups -OCH3 is 1. The van der Waals surface area contributed by atoms with Crippen LogP contribution >= 0.6 is 35.6 Å². The van der Waals surface area contributed by atoms with E-state index in [4.69, 9.17) is 27.9 Å². The van der Waals surface area contributed by atoms with Crippen LogP contribution in [0, 0.1) is 6.92 Å². The van der Waals surface area contributed by atoms with Gasteiger partial charge in [-0.25, -0.2) is 4.68 Å². The van der Waals surface area contributed by atoms with Crippen LogP contribution in [0.5, 0.6) is 5.75 Å². The molecule has 0 unspecified atom stereocenters. The van der Waals surface area contributed by atoms with Gasteiger partial charge in [0.15, 0.2) is 0 Å². The highest BCUT2D eigenvalue weighted by atomic mass is 35.5. The maximum Gasteiger partial charge on any atom is 0.137 e. The molecule has 0 spiro atoms. The first kappa shape index (κ1) is 20.6. The normalized spacial score (nSPS) is 10.5. The molecule has 3 rings (SSSR count). The summed E-state index contributed by atoms with van der Waals surface area (Å²) < 4.78 is 6.96. The second kappa shape index (κ2) is 9.28. The van der Waals surface area contributed by atoms with Crippen molar-refractivity contribution in [2.45, 2.75) is 20.0 Å². The summed E-state index contributed by atoms with van der Waals surface area (Å²) in [4.78, 5) is 0. The Bertz CT molecular complexity index is 880. The summed E-state index contributed by atoms with van der Waals surface area (Å²) in [5.74, 6) is 0.849. The largest absolute Gasteiger partial charge is 0.497 e. The third-order valence-corrected chi connectivity index (χ3v) is 4.56. The third kappa shape index (κ3) is 4.71. The highest BCUT2D eigenvalue weighted by Crippen LogP contribution is 2.25. The number of hydrogen-bond donors (Lipinski definition) is 1. The quantitative estimate of drug-likeness (QED) is 0.604. The summed E-state index contributed by atoms with van der Waals surface area (Å²) in [6, 6.07) is 15.4. The van der Waals surface area contributed by atoms with E-state index in [1.807, 2.05) is 49.4 Å². The third-order valence-electron chi connectivity index (χ3n) is 3.94. The van der Waals surface area contributed by atoms with E-state index >= 15 is 0 Å². The second-order valence-electron chi connectivity index (χ2n) is 5.70. The molecule has 0 amide bonds. The first-order valence-electron chi connectivity index (χ1n) is 7.92. The fourth-order valence-electron chi connectivity index (χ4n) is 2.63. The molecule has 0 bridgehead atoms. The maximum absolute atomic E-state index is 6.54. The standard InChI is InChI=1S/C19H19Cl2N3O.ClH/c1-13-18(12-22-11-14-5-3-8-17(9-14)25-2)19(21)24(23-13)16-7-4-6-15(20)10-16;/h3-10,22H,11-12H2,1-2H3;1H. The summed E-state index contributed by atoms with van der Waals surface area (Å²) in [6.07, 6.45) is 0. The van der Waals surface area contributed by atoms with E-state index in [2.05, 4.69) is 16.5 Å². The van der Waals surface area contributed by atoms with Gasteiger partial charge in [-0.3, -0.25) is 0 Å². The van der Waals surface area contributed by atoms with E-state index in [1.165, 1.54) is 0 Å². The van der Waals surface area contributed by atoms with Gasteiger partial charge < -0.3 is 10.1 Å². The number of aryl methyl sites for hydroxylation is 1. The molecule has 0 radical (unpaired) electrons. The van der Waals surface area contributed by atoms with Gasteiger partial charge in [-0.15, -0.1) is 12.4 Å². The van der Waals surface area contributed by atoms with Crippen LogP contribution in [0.4, 0.5) is 0 Å². The van der Waals surface area contributed by atoms with Crippen molar-refractivity contribution < 1.29 is 4.74 Å². The van der Waals surface area contributed by atoms with Gasteiger partial charge in [-0.05, 0) is 42.8 Å². The lowest BCUT2D eigenvalue weighted by Crippen LogP contribution is -2.13. The molecule has 2 aromatic carbocycles. The molecule has 0 saturated carbocycles. The summed E-state index contributed by atoms with van der Waals surface area (Å²) in [5, 5.41) is 9.20. The molecule has 0 fully saturated rings. The maximum atomic E-state index is 6.54. The minimum Gasteiger partial charge on any atom is -0.497 e. The zero-order valence-electron chi connectivity index (χ0n) is 14.5. The Kier molecular flexibility index (Phi) is 7.35. The van der Waals surface area contributed by atoms with Gasteiger partial charge in [0.2, 0.25) is 0 Å². The lowest BCUT2D eigenvalue weighted by Gasteiger charge is -2.07. The van der Waals surface area contributed by atoms with Crippen LogP contribution in [0.2, 0.25) is 10.2 Å². The van der Waals surface area contributed by atoms with Crippen LogP contribution in [-0.2, 0) is 13.1 Å². The SMILES string of the molecule is COc1cccc(CNCc2c(C)nn(-c3cccc(Cl)c3)c2Cl)c1.Cl. The van der Waals surface area contributed by atoms with Crippen LogP contribution in [0.3, 0.4) is 0 Å². The topological polar surface area (TPSA) is 39.1 Å². The summed E-state index contributed by atoms with van der Waals surface area (Å²) in [6.45, 7) is 3.30. The van der Waals surface area contributed by atoms with E-state index in [0.717, 1.165) is 34.8 Å². The van der Waals surface area contributed by atoms with Crippen molar-refractivity contribution in [3.63, 3.8) is 0 Å². The summed E-state index contributed by atoms with van der Waals surface area (Å²) in [5.41, 5.74) is 3.86. The molecule has 1 N–H and O–H groups in total. The molecule has 7 heteroatoms. The smallest absolute Gasteiger partial charge is 0.137 e. The first-order valence-corrected chi connectivity index (χ1v) is 8.67. The zero-order chi connectivity index (χ0) is 17.8. The minimum absolute atomic E-state index is 0.